The lowest BCUT2D eigenvalue weighted by molar-refractivity contribution is 0.395. The topological polar surface area (TPSA) is 47.5 Å². The molecule has 2 aromatic heterocycles. The second-order valence-corrected chi connectivity index (χ2v) is 6.54. The van der Waals surface area contributed by atoms with Crippen LogP contribution in [0.4, 0.5) is 5.82 Å². The van der Waals surface area contributed by atoms with E-state index in [9.17, 15) is 0 Å². The summed E-state index contributed by atoms with van der Waals surface area (Å²) in [6.45, 7) is 6.13. The second kappa shape index (κ2) is 8.19. The molecule has 5 nitrogen and oxygen atoms in total. The Kier molecular flexibility index (Phi) is 5.73. The van der Waals surface area contributed by atoms with Gasteiger partial charge in [-0.05, 0) is 38.1 Å². The number of anilines is 1. The van der Waals surface area contributed by atoms with Gasteiger partial charge in [0.25, 0.3) is 0 Å². The highest BCUT2D eigenvalue weighted by Gasteiger charge is 2.13. The van der Waals surface area contributed by atoms with E-state index in [0.717, 1.165) is 52.2 Å². The molecule has 136 valence electrons. The molecule has 0 saturated carbocycles. The Labute approximate surface area is 158 Å². The molecule has 0 aliphatic heterocycles. The average molecular weight is 369 g/mol. The number of hydrogen-bond donors (Lipinski definition) is 0. The maximum atomic E-state index is 5.50. The molecule has 0 bridgehead atoms. The third-order valence-corrected chi connectivity index (χ3v) is 5.16. The fourth-order valence-electron chi connectivity index (χ4n) is 2.81. The number of nitrogens with zero attached hydrogens (tertiary/aromatic N) is 3. The zero-order valence-electron chi connectivity index (χ0n) is 15.5. The summed E-state index contributed by atoms with van der Waals surface area (Å²) in [4.78, 5) is 11.5. The zero-order valence-corrected chi connectivity index (χ0v) is 16.3. The Morgan fingerprint density at radius 3 is 2.54 bits per heavy atom. The van der Waals surface area contributed by atoms with Gasteiger partial charge in [0.2, 0.25) is 0 Å². The van der Waals surface area contributed by atoms with Crippen molar-refractivity contribution in [1.82, 2.24) is 9.97 Å². The Balaban J connectivity index is 1.95. The molecule has 26 heavy (non-hydrogen) atoms. The van der Waals surface area contributed by atoms with Gasteiger partial charge in [0, 0.05) is 41.9 Å². The fraction of sp³-hybridized carbons (Fsp3) is 0.300. The predicted octanol–water partition coefficient (Wildman–Crippen LogP) is 4.74. The highest BCUT2D eigenvalue weighted by Crippen LogP contribution is 2.36. The summed E-state index contributed by atoms with van der Waals surface area (Å²) in [5, 5.41) is 3.02. The molecule has 0 aliphatic rings. The van der Waals surface area contributed by atoms with Crippen molar-refractivity contribution in [3.63, 3.8) is 0 Å². The summed E-state index contributed by atoms with van der Waals surface area (Å²) in [5.41, 5.74) is 2.92. The normalized spacial score (nSPS) is 10.6. The number of hydrogen-bond acceptors (Lipinski definition) is 6. The van der Waals surface area contributed by atoms with E-state index < -0.39 is 0 Å². The average Bonchev–Trinajstić information content (AvgIpc) is 3.18. The van der Waals surface area contributed by atoms with Gasteiger partial charge < -0.3 is 14.4 Å². The third-order valence-electron chi connectivity index (χ3n) is 4.27. The SMILES string of the molecule is CCN(CC)c1cc(-c2nc(-c3ccc(OC)cc3OC)cs2)ccn1. The molecule has 0 radical (unpaired) electrons. The quantitative estimate of drug-likeness (QED) is 0.602. The number of aromatic nitrogens is 2. The molecule has 0 fully saturated rings. The first kappa shape index (κ1) is 18.2. The third kappa shape index (κ3) is 3.65. The van der Waals surface area contributed by atoms with E-state index in [1.165, 1.54) is 0 Å². The minimum atomic E-state index is 0.750. The molecule has 0 N–H and O–H groups in total. The molecule has 0 atom stereocenters. The first-order chi connectivity index (χ1) is 12.7. The molecule has 1 aromatic carbocycles. The van der Waals surface area contributed by atoms with Crippen LogP contribution in [0.3, 0.4) is 0 Å². The van der Waals surface area contributed by atoms with Crippen molar-refractivity contribution in [2.75, 3.05) is 32.2 Å². The van der Waals surface area contributed by atoms with Gasteiger partial charge >= 0.3 is 0 Å². The highest BCUT2D eigenvalue weighted by atomic mass is 32.1. The van der Waals surface area contributed by atoms with E-state index in [4.69, 9.17) is 14.5 Å². The highest BCUT2D eigenvalue weighted by molar-refractivity contribution is 7.13. The van der Waals surface area contributed by atoms with Gasteiger partial charge in [0.1, 0.15) is 22.3 Å². The number of ether oxygens (including phenoxy) is 2. The maximum absolute atomic E-state index is 5.50. The van der Waals surface area contributed by atoms with Gasteiger partial charge in [-0.3, -0.25) is 0 Å². The second-order valence-electron chi connectivity index (χ2n) is 5.68. The van der Waals surface area contributed by atoms with E-state index in [1.54, 1.807) is 25.6 Å². The zero-order chi connectivity index (χ0) is 18.5. The van der Waals surface area contributed by atoms with Crippen molar-refractivity contribution in [2.24, 2.45) is 0 Å². The molecule has 3 aromatic rings. The van der Waals surface area contributed by atoms with E-state index in [2.05, 4.69) is 35.2 Å². The molecule has 3 rings (SSSR count). The van der Waals surface area contributed by atoms with Crippen molar-refractivity contribution < 1.29 is 9.47 Å². The van der Waals surface area contributed by atoms with Crippen LogP contribution in [0.5, 0.6) is 11.5 Å². The van der Waals surface area contributed by atoms with E-state index >= 15 is 0 Å². The smallest absolute Gasteiger partial charge is 0.131 e. The summed E-state index contributed by atoms with van der Waals surface area (Å²) in [6, 6.07) is 9.87. The van der Waals surface area contributed by atoms with Crippen LogP contribution in [0.2, 0.25) is 0 Å². The van der Waals surface area contributed by atoms with E-state index in [-0.39, 0.29) is 0 Å². The first-order valence-corrected chi connectivity index (χ1v) is 9.47. The number of pyridine rings is 1. The fourth-order valence-corrected chi connectivity index (χ4v) is 3.63. The lowest BCUT2D eigenvalue weighted by Crippen LogP contribution is -2.22. The molecular formula is C20H23N3O2S. The molecule has 0 aliphatic carbocycles. The number of rotatable bonds is 7. The lowest BCUT2D eigenvalue weighted by Gasteiger charge is -2.19. The molecular weight excluding hydrogens is 346 g/mol. The number of thiazole rings is 1. The van der Waals surface area contributed by atoms with Crippen LogP contribution in [0.15, 0.2) is 41.9 Å². The molecule has 6 heteroatoms. The summed E-state index contributed by atoms with van der Waals surface area (Å²) < 4.78 is 10.8. The Hall–Kier alpha value is -2.60. The van der Waals surface area contributed by atoms with Crippen LogP contribution < -0.4 is 14.4 Å². The van der Waals surface area contributed by atoms with E-state index in [0.29, 0.717) is 0 Å². The van der Waals surface area contributed by atoms with Crippen LogP contribution in [0, 0.1) is 0 Å². The van der Waals surface area contributed by atoms with Crippen molar-refractivity contribution >= 4 is 17.2 Å². The van der Waals surface area contributed by atoms with Crippen LogP contribution in [0.25, 0.3) is 21.8 Å². The van der Waals surface area contributed by atoms with Crippen molar-refractivity contribution in [2.45, 2.75) is 13.8 Å². The van der Waals surface area contributed by atoms with Crippen LogP contribution >= 0.6 is 11.3 Å². The summed E-state index contributed by atoms with van der Waals surface area (Å²) in [6.07, 6.45) is 1.85. The summed E-state index contributed by atoms with van der Waals surface area (Å²) >= 11 is 1.62. The van der Waals surface area contributed by atoms with E-state index in [1.807, 2.05) is 30.5 Å². The predicted molar refractivity (Wildman–Crippen MR) is 107 cm³/mol. The van der Waals surface area contributed by atoms with Gasteiger partial charge in [-0.25, -0.2) is 9.97 Å². The maximum Gasteiger partial charge on any atom is 0.131 e. The van der Waals surface area contributed by atoms with Crippen LogP contribution in [-0.4, -0.2) is 37.3 Å². The van der Waals surface area contributed by atoms with Crippen molar-refractivity contribution in [3.05, 3.63) is 41.9 Å². The molecule has 0 unspecified atom stereocenters. The molecule has 0 amide bonds. The van der Waals surface area contributed by atoms with Gasteiger partial charge in [-0.1, -0.05) is 0 Å². The van der Waals surface area contributed by atoms with Crippen molar-refractivity contribution in [1.29, 1.82) is 0 Å². The summed E-state index contributed by atoms with van der Waals surface area (Å²) in [5.74, 6) is 2.49. The number of methoxy groups -OCH3 is 2. The van der Waals surface area contributed by atoms with Gasteiger partial charge in [0.05, 0.1) is 19.9 Å². The largest absolute Gasteiger partial charge is 0.497 e. The molecule has 2 heterocycles. The Morgan fingerprint density at radius 2 is 1.85 bits per heavy atom. The summed E-state index contributed by atoms with van der Waals surface area (Å²) in [7, 11) is 3.30. The van der Waals surface area contributed by atoms with Crippen molar-refractivity contribution in [3.8, 4) is 33.3 Å². The first-order valence-electron chi connectivity index (χ1n) is 8.59. The minimum absolute atomic E-state index is 0.750. The monoisotopic (exact) mass is 369 g/mol. The van der Waals surface area contributed by atoms with Gasteiger partial charge in [-0.2, -0.15) is 0 Å². The van der Waals surface area contributed by atoms with Gasteiger partial charge in [0.15, 0.2) is 0 Å². The van der Waals surface area contributed by atoms with Crippen LogP contribution in [0.1, 0.15) is 13.8 Å². The molecule has 0 spiro atoms. The van der Waals surface area contributed by atoms with Gasteiger partial charge in [-0.15, -0.1) is 11.3 Å². The molecule has 0 saturated heterocycles. The lowest BCUT2D eigenvalue weighted by atomic mass is 10.1. The number of benzene rings is 1. The Morgan fingerprint density at radius 1 is 1.04 bits per heavy atom. The Bertz CT molecular complexity index is 875. The minimum Gasteiger partial charge on any atom is -0.497 e. The van der Waals surface area contributed by atoms with Crippen LogP contribution in [-0.2, 0) is 0 Å². The standard InChI is InChI=1S/C20H23N3O2S/c1-5-23(6-2)19-11-14(9-10-21-19)20-22-17(13-26-20)16-8-7-15(24-3)12-18(16)25-4/h7-13H,5-6H2,1-4H3.